The van der Waals surface area contributed by atoms with Crippen LogP contribution in [-0.2, 0) is 0 Å². The molecule has 0 spiro atoms. The van der Waals surface area contributed by atoms with Gasteiger partial charge < -0.3 is 4.74 Å². The van der Waals surface area contributed by atoms with E-state index in [0.717, 1.165) is 12.1 Å². The van der Waals surface area contributed by atoms with Crippen molar-refractivity contribution < 1.29 is 14.6 Å². The van der Waals surface area contributed by atoms with Gasteiger partial charge in [0.25, 0.3) is 5.69 Å². The van der Waals surface area contributed by atoms with E-state index in [1.54, 1.807) is 13.0 Å². The summed E-state index contributed by atoms with van der Waals surface area (Å²) in [6.07, 6.45) is 0. The third-order valence-electron chi connectivity index (χ3n) is 2.49. The molecule has 0 aliphatic heterocycles. The SMILES string of the molecule is Cc1ccc(Oc2cc([N+](=O)[O-])cc(Cl)n2)c([N+](=O)[O-])c1. The van der Waals surface area contributed by atoms with Gasteiger partial charge in [-0.3, -0.25) is 20.2 Å². The van der Waals surface area contributed by atoms with E-state index in [1.807, 2.05) is 0 Å². The summed E-state index contributed by atoms with van der Waals surface area (Å²) in [6, 6.07) is 6.42. The number of nitro benzene ring substituents is 1. The second-order valence-electron chi connectivity index (χ2n) is 4.07. The van der Waals surface area contributed by atoms with Crippen molar-refractivity contribution in [2.45, 2.75) is 6.92 Å². The van der Waals surface area contributed by atoms with Gasteiger partial charge in [-0.05, 0) is 18.6 Å². The van der Waals surface area contributed by atoms with Gasteiger partial charge in [-0.25, -0.2) is 4.98 Å². The van der Waals surface area contributed by atoms with Gasteiger partial charge in [-0.2, -0.15) is 0 Å². The highest BCUT2D eigenvalue weighted by atomic mass is 35.5. The maximum Gasteiger partial charge on any atom is 0.311 e. The molecule has 21 heavy (non-hydrogen) atoms. The van der Waals surface area contributed by atoms with Crippen molar-refractivity contribution >= 4 is 23.0 Å². The summed E-state index contributed by atoms with van der Waals surface area (Å²) in [5.74, 6) is -0.268. The normalized spacial score (nSPS) is 10.2. The lowest BCUT2D eigenvalue weighted by molar-refractivity contribution is -0.386. The Kier molecular flexibility index (Phi) is 3.99. The first-order valence-electron chi connectivity index (χ1n) is 5.61. The number of hydrogen-bond acceptors (Lipinski definition) is 6. The second kappa shape index (κ2) is 5.71. The molecule has 2 rings (SSSR count). The number of benzene rings is 1. The van der Waals surface area contributed by atoms with Gasteiger partial charge in [0.15, 0.2) is 0 Å². The van der Waals surface area contributed by atoms with Crippen LogP contribution in [0.5, 0.6) is 11.6 Å². The summed E-state index contributed by atoms with van der Waals surface area (Å²) >= 11 is 5.66. The van der Waals surface area contributed by atoms with Crippen LogP contribution in [0.25, 0.3) is 0 Å². The smallest absolute Gasteiger partial charge is 0.311 e. The van der Waals surface area contributed by atoms with Gasteiger partial charge >= 0.3 is 5.69 Å². The van der Waals surface area contributed by atoms with Gasteiger partial charge in [0.2, 0.25) is 11.6 Å². The summed E-state index contributed by atoms with van der Waals surface area (Å²) < 4.78 is 5.26. The fourth-order valence-electron chi connectivity index (χ4n) is 1.59. The molecule has 108 valence electrons. The van der Waals surface area contributed by atoms with Crippen LogP contribution in [0, 0.1) is 27.2 Å². The third-order valence-corrected chi connectivity index (χ3v) is 2.69. The molecule has 1 heterocycles. The predicted molar refractivity (Wildman–Crippen MR) is 73.8 cm³/mol. The Morgan fingerprint density at radius 3 is 2.48 bits per heavy atom. The Morgan fingerprint density at radius 2 is 1.86 bits per heavy atom. The first-order chi connectivity index (χ1) is 9.86. The molecule has 0 bridgehead atoms. The fraction of sp³-hybridized carbons (Fsp3) is 0.0833. The first kappa shape index (κ1) is 14.7. The highest BCUT2D eigenvalue weighted by Gasteiger charge is 2.18. The van der Waals surface area contributed by atoms with Crippen molar-refractivity contribution in [3.63, 3.8) is 0 Å². The van der Waals surface area contributed by atoms with Gasteiger partial charge in [-0.15, -0.1) is 0 Å². The molecule has 0 fully saturated rings. The molecule has 1 aromatic heterocycles. The Hall–Kier alpha value is -2.74. The van der Waals surface area contributed by atoms with Gasteiger partial charge in [0, 0.05) is 6.07 Å². The highest BCUT2D eigenvalue weighted by molar-refractivity contribution is 6.29. The minimum absolute atomic E-state index is 0.0744. The van der Waals surface area contributed by atoms with Crippen molar-refractivity contribution in [1.82, 2.24) is 4.98 Å². The van der Waals surface area contributed by atoms with Crippen molar-refractivity contribution in [2.24, 2.45) is 0 Å². The van der Waals surface area contributed by atoms with Gasteiger partial charge in [-0.1, -0.05) is 17.7 Å². The molecule has 0 atom stereocenters. The summed E-state index contributed by atoms with van der Waals surface area (Å²) in [7, 11) is 0. The lowest BCUT2D eigenvalue weighted by Gasteiger charge is -2.06. The molecule has 9 heteroatoms. The molecule has 0 radical (unpaired) electrons. The molecule has 0 amide bonds. The van der Waals surface area contributed by atoms with E-state index in [4.69, 9.17) is 16.3 Å². The fourth-order valence-corrected chi connectivity index (χ4v) is 1.78. The highest BCUT2D eigenvalue weighted by Crippen LogP contribution is 2.33. The van der Waals surface area contributed by atoms with E-state index in [-0.39, 0.29) is 28.2 Å². The van der Waals surface area contributed by atoms with Crippen molar-refractivity contribution in [2.75, 3.05) is 0 Å². The molecule has 0 saturated carbocycles. The quantitative estimate of drug-likeness (QED) is 0.484. The summed E-state index contributed by atoms with van der Waals surface area (Å²) in [5, 5.41) is 21.6. The largest absolute Gasteiger partial charge is 0.431 e. The maximum atomic E-state index is 11.0. The topological polar surface area (TPSA) is 108 Å². The lowest BCUT2D eigenvalue weighted by atomic mass is 10.2. The molecule has 0 saturated heterocycles. The van der Waals surface area contributed by atoms with Crippen LogP contribution in [-0.4, -0.2) is 14.8 Å². The predicted octanol–water partition coefficient (Wildman–Crippen LogP) is 3.65. The van der Waals surface area contributed by atoms with E-state index >= 15 is 0 Å². The van der Waals surface area contributed by atoms with E-state index in [2.05, 4.69) is 4.98 Å². The number of nitro groups is 2. The Balaban J connectivity index is 2.43. The average molecular weight is 310 g/mol. The number of aryl methyl sites for hydroxylation is 1. The molecule has 1 aromatic carbocycles. The zero-order valence-electron chi connectivity index (χ0n) is 10.6. The molecule has 8 nitrogen and oxygen atoms in total. The molecular formula is C12H8ClN3O5. The zero-order valence-corrected chi connectivity index (χ0v) is 11.4. The number of pyridine rings is 1. The average Bonchev–Trinajstić information content (AvgIpc) is 2.40. The number of rotatable bonds is 4. The summed E-state index contributed by atoms with van der Waals surface area (Å²) in [5.41, 5.74) is 0.0956. The number of aromatic nitrogens is 1. The molecule has 0 aliphatic rings. The Bertz CT molecular complexity index is 735. The zero-order chi connectivity index (χ0) is 15.6. The number of halogens is 1. The van der Waals surface area contributed by atoms with Crippen LogP contribution < -0.4 is 4.74 Å². The maximum absolute atomic E-state index is 11.0. The van der Waals surface area contributed by atoms with Crippen LogP contribution in [0.3, 0.4) is 0 Å². The van der Waals surface area contributed by atoms with Crippen molar-refractivity contribution in [3.8, 4) is 11.6 Å². The Morgan fingerprint density at radius 1 is 1.14 bits per heavy atom. The number of nitrogens with zero attached hydrogens (tertiary/aromatic N) is 3. The van der Waals surface area contributed by atoms with Crippen LogP contribution in [0.15, 0.2) is 30.3 Å². The second-order valence-corrected chi connectivity index (χ2v) is 4.46. The molecule has 0 aliphatic carbocycles. The van der Waals surface area contributed by atoms with Crippen LogP contribution in [0.4, 0.5) is 11.4 Å². The van der Waals surface area contributed by atoms with Crippen molar-refractivity contribution in [1.29, 1.82) is 0 Å². The first-order valence-corrected chi connectivity index (χ1v) is 5.99. The Labute approximate surface area is 123 Å². The standard InChI is InChI=1S/C12H8ClN3O5/c1-7-2-3-10(9(4-7)16(19)20)21-12-6-8(15(17)18)5-11(13)14-12/h2-6H,1H3. The van der Waals surface area contributed by atoms with E-state index in [0.29, 0.717) is 5.56 Å². The van der Waals surface area contributed by atoms with Crippen LogP contribution >= 0.6 is 11.6 Å². The number of hydrogen-bond donors (Lipinski definition) is 0. The third kappa shape index (κ3) is 3.42. The number of ether oxygens (including phenoxy) is 1. The van der Waals surface area contributed by atoms with Crippen LogP contribution in [0.1, 0.15) is 5.56 Å². The molecular weight excluding hydrogens is 302 g/mol. The van der Waals surface area contributed by atoms with Crippen LogP contribution in [0.2, 0.25) is 5.15 Å². The van der Waals surface area contributed by atoms with Gasteiger partial charge in [0.1, 0.15) is 5.15 Å². The summed E-state index contributed by atoms with van der Waals surface area (Å²) in [4.78, 5) is 24.2. The monoisotopic (exact) mass is 309 g/mol. The minimum atomic E-state index is -0.663. The van der Waals surface area contributed by atoms with Gasteiger partial charge in [0.05, 0.1) is 22.0 Å². The van der Waals surface area contributed by atoms with Crippen molar-refractivity contribution in [3.05, 3.63) is 61.3 Å². The minimum Gasteiger partial charge on any atom is -0.431 e. The molecule has 0 unspecified atom stereocenters. The molecule has 0 N–H and O–H groups in total. The molecule has 2 aromatic rings. The van der Waals surface area contributed by atoms with E-state index in [9.17, 15) is 20.2 Å². The summed E-state index contributed by atoms with van der Waals surface area (Å²) in [6.45, 7) is 1.69. The van der Waals surface area contributed by atoms with E-state index < -0.39 is 9.85 Å². The van der Waals surface area contributed by atoms with E-state index in [1.165, 1.54) is 12.1 Å². The lowest BCUT2D eigenvalue weighted by Crippen LogP contribution is -1.97.